The van der Waals surface area contributed by atoms with E-state index in [0.29, 0.717) is 24.1 Å². The molecular formula is C15H18BrN3O. The molecule has 0 atom stereocenters. The van der Waals surface area contributed by atoms with Crippen LogP contribution < -0.4 is 10.5 Å². The molecule has 0 radical (unpaired) electrons. The van der Waals surface area contributed by atoms with E-state index < -0.39 is 0 Å². The van der Waals surface area contributed by atoms with Crippen molar-refractivity contribution in [3.8, 4) is 5.88 Å². The van der Waals surface area contributed by atoms with Gasteiger partial charge in [-0.25, -0.2) is 4.98 Å². The highest BCUT2D eigenvalue weighted by atomic mass is 79.9. The second kappa shape index (κ2) is 6.22. The van der Waals surface area contributed by atoms with Crippen LogP contribution >= 0.6 is 15.9 Å². The van der Waals surface area contributed by atoms with Crippen molar-refractivity contribution >= 4 is 21.7 Å². The molecular weight excluding hydrogens is 318 g/mol. The predicted molar refractivity (Wildman–Crippen MR) is 83.7 cm³/mol. The van der Waals surface area contributed by atoms with E-state index in [4.69, 9.17) is 10.5 Å². The molecule has 4 nitrogen and oxygen atoms in total. The second-order valence-corrected chi connectivity index (χ2v) is 5.88. The molecule has 0 aliphatic carbocycles. The van der Waals surface area contributed by atoms with Gasteiger partial charge in [0.1, 0.15) is 18.2 Å². The lowest BCUT2D eigenvalue weighted by Crippen LogP contribution is -2.08. The van der Waals surface area contributed by atoms with Gasteiger partial charge in [0.25, 0.3) is 0 Å². The van der Waals surface area contributed by atoms with Crippen molar-refractivity contribution in [1.29, 1.82) is 0 Å². The van der Waals surface area contributed by atoms with E-state index >= 15 is 0 Å². The standard InChI is InChI=1S/C15H18BrN3O/c1-9(2)14-18-13(17)10(3)15(19-14)20-8-11-4-6-12(16)7-5-11/h4-7,9H,8H2,1-3H3,(H2,17,18,19). The lowest BCUT2D eigenvalue weighted by molar-refractivity contribution is 0.289. The van der Waals surface area contributed by atoms with Gasteiger partial charge in [-0.05, 0) is 24.6 Å². The number of hydrogen-bond acceptors (Lipinski definition) is 4. The fourth-order valence-corrected chi connectivity index (χ4v) is 1.93. The molecule has 106 valence electrons. The Balaban J connectivity index is 2.18. The van der Waals surface area contributed by atoms with Gasteiger partial charge in [0.15, 0.2) is 0 Å². The van der Waals surface area contributed by atoms with Gasteiger partial charge in [0.05, 0.1) is 5.56 Å². The highest BCUT2D eigenvalue weighted by molar-refractivity contribution is 9.10. The Morgan fingerprint density at radius 1 is 1.20 bits per heavy atom. The fraction of sp³-hybridized carbons (Fsp3) is 0.333. The molecule has 0 unspecified atom stereocenters. The highest BCUT2D eigenvalue weighted by Gasteiger charge is 2.12. The van der Waals surface area contributed by atoms with Gasteiger partial charge >= 0.3 is 0 Å². The lowest BCUT2D eigenvalue weighted by atomic mass is 10.2. The number of hydrogen-bond donors (Lipinski definition) is 1. The van der Waals surface area contributed by atoms with Crippen molar-refractivity contribution in [3.05, 3.63) is 45.7 Å². The second-order valence-electron chi connectivity index (χ2n) is 4.97. The summed E-state index contributed by atoms with van der Waals surface area (Å²) >= 11 is 3.41. The van der Waals surface area contributed by atoms with Gasteiger partial charge in [-0.1, -0.05) is 41.9 Å². The van der Waals surface area contributed by atoms with E-state index in [9.17, 15) is 0 Å². The van der Waals surface area contributed by atoms with Gasteiger partial charge in [0.2, 0.25) is 5.88 Å². The van der Waals surface area contributed by atoms with Crippen LogP contribution in [0.4, 0.5) is 5.82 Å². The number of rotatable bonds is 4. The Kier molecular flexibility index (Phi) is 4.60. The topological polar surface area (TPSA) is 61.0 Å². The van der Waals surface area contributed by atoms with Crippen LogP contribution in [-0.2, 0) is 6.61 Å². The van der Waals surface area contributed by atoms with Crippen molar-refractivity contribution in [2.45, 2.75) is 33.3 Å². The summed E-state index contributed by atoms with van der Waals surface area (Å²) in [5, 5.41) is 0. The first-order chi connectivity index (χ1) is 9.47. The summed E-state index contributed by atoms with van der Waals surface area (Å²) in [7, 11) is 0. The summed E-state index contributed by atoms with van der Waals surface area (Å²) in [5.74, 6) is 1.96. The first-order valence-electron chi connectivity index (χ1n) is 6.48. The Morgan fingerprint density at radius 3 is 2.45 bits per heavy atom. The normalized spacial score (nSPS) is 10.8. The van der Waals surface area contributed by atoms with Crippen molar-refractivity contribution < 1.29 is 4.74 Å². The number of ether oxygens (including phenoxy) is 1. The molecule has 1 aromatic carbocycles. The van der Waals surface area contributed by atoms with Crippen LogP contribution in [0.25, 0.3) is 0 Å². The van der Waals surface area contributed by atoms with Crippen LogP contribution in [0.15, 0.2) is 28.7 Å². The van der Waals surface area contributed by atoms with E-state index in [1.807, 2.05) is 45.0 Å². The summed E-state index contributed by atoms with van der Waals surface area (Å²) in [4.78, 5) is 8.72. The molecule has 1 heterocycles. The minimum Gasteiger partial charge on any atom is -0.472 e. The third kappa shape index (κ3) is 3.48. The fourth-order valence-electron chi connectivity index (χ4n) is 1.66. The van der Waals surface area contributed by atoms with Gasteiger partial charge in [-0.2, -0.15) is 4.98 Å². The van der Waals surface area contributed by atoms with E-state index in [2.05, 4.69) is 25.9 Å². The van der Waals surface area contributed by atoms with E-state index in [-0.39, 0.29) is 5.92 Å². The van der Waals surface area contributed by atoms with Crippen LogP contribution in [-0.4, -0.2) is 9.97 Å². The van der Waals surface area contributed by atoms with Gasteiger partial charge in [-0.15, -0.1) is 0 Å². The predicted octanol–water partition coefficient (Wildman–Crippen LogP) is 3.83. The van der Waals surface area contributed by atoms with E-state index in [1.54, 1.807) is 0 Å². The van der Waals surface area contributed by atoms with Gasteiger partial charge in [0, 0.05) is 10.4 Å². The molecule has 20 heavy (non-hydrogen) atoms. The maximum absolute atomic E-state index is 5.91. The Morgan fingerprint density at radius 2 is 1.85 bits per heavy atom. The summed E-state index contributed by atoms with van der Waals surface area (Å²) in [6.07, 6.45) is 0. The highest BCUT2D eigenvalue weighted by Crippen LogP contribution is 2.23. The zero-order chi connectivity index (χ0) is 14.7. The maximum atomic E-state index is 5.91. The zero-order valence-electron chi connectivity index (χ0n) is 11.9. The minimum absolute atomic E-state index is 0.216. The number of nitrogens with two attached hydrogens (primary N) is 1. The molecule has 0 spiro atoms. The third-order valence-electron chi connectivity index (χ3n) is 2.96. The lowest BCUT2D eigenvalue weighted by Gasteiger charge is -2.12. The van der Waals surface area contributed by atoms with Crippen molar-refractivity contribution in [2.75, 3.05) is 5.73 Å². The summed E-state index contributed by atoms with van der Waals surface area (Å²) in [6, 6.07) is 7.99. The third-order valence-corrected chi connectivity index (χ3v) is 3.49. The van der Waals surface area contributed by atoms with Crippen LogP contribution in [0.2, 0.25) is 0 Å². The quantitative estimate of drug-likeness (QED) is 0.922. The van der Waals surface area contributed by atoms with Crippen molar-refractivity contribution in [3.63, 3.8) is 0 Å². The van der Waals surface area contributed by atoms with Crippen LogP contribution in [0, 0.1) is 6.92 Å². The first kappa shape index (κ1) is 14.8. The molecule has 0 saturated carbocycles. The molecule has 0 aliphatic heterocycles. The molecule has 2 rings (SSSR count). The Hall–Kier alpha value is -1.62. The number of aromatic nitrogens is 2. The van der Waals surface area contributed by atoms with Crippen molar-refractivity contribution in [1.82, 2.24) is 9.97 Å². The SMILES string of the molecule is Cc1c(N)nc(C(C)C)nc1OCc1ccc(Br)cc1. The average molecular weight is 336 g/mol. The number of nitrogens with zero attached hydrogens (tertiary/aromatic N) is 2. The molecule has 0 amide bonds. The van der Waals surface area contributed by atoms with Crippen molar-refractivity contribution in [2.24, 2.45) is 0 Å². The number of anilines is 1. The van der Waals surface area contributed by atoms with Crippen LogP contribution in [0.5, 0.6) is 5.88 Å². The largest absolute Gasteiger partial charge is 0.472 e. The van der Waals surface area contributed by atoms with E-state index in [0.717, 1.165) is 15.6 Å². The molecule has 2 N–H and O–H groups in total. The molecule has 0 fully saturated rings. The molecule has 0 aliphatic rings. The number of benzene rings is 1. The summed E-state index contributed by atoms with van der Waals surface area (Å²) < 4.78 is 6.83. The maximum Gasteiger partial charge on any atom is 0.222 e. The number of halogens is 1. The van der Waals surface area contributed by atoms with E-state index in [1.165, 1.54) is 0 Å². The van der Waals surface area contributed by atoms with Gasteiger partial charge < -0.3 is 10.5 Å². The van der Waals surface area contributed by atoms with Gasteiger partial charge in [-0.3, -0.25) is 0 Å². The summed E-state index contributed by atoms with van der Waals surface area (Å²) in [5.41, 5.74) is 7.77. The molecule has 2 aromatic rings. The van der Waals surface area contributed by atoms with Crippen LogP contribution in [0.1, 0.15) is 36.7 Å². The minimum atomic E-state index is 0.216. The smallest absolute Gasteiger partial charge is 0.222 e. The Labute approximate surface area is 127 Å². The van der Waals surface area contributed by atoms with Crippen LogP contribution in [0.3, 0.4) is 0 Å². The monoisotopic (exact) mass is 335 g/mol. The number of nitrogen functional groups attached to an aromatic ring is 1. The first-order valence-corrected chi connectivity index (χ1v) is 7.28. The molecule has 0 bridgehead atoms. The molecule has 1 aromatic heterocycles. The molecule has 0 saturated heterocycles. The Bertz CT molecular complexity index is 597. The molecule has 5 heteroatoms. The average Bonchev–Trinajstić information content (AvgIpc) is 2.42. The summed E-state index contributed by atoms with van der Waals surface area (Å²) in [6.45, 7) is 6.39. The zero-order valence-corrected chi connectivity index (χ0v) is 13.4.